The van der Waals surface area contributed by atoms with Gasteiger partial charge in [-0.3, -0.25) is 4.39 Å². The van der Waals surface area contributed by atoms with E-state index in [2.05, 4.69) is 0 Å². The Hall–Kier alpha value is -1.78. The Balaban J connectivity index is 0.00000242. The van der Waals surface area contributed by atoms with Gasteiger partial charge >= 0.3 is 0 Å². The van der Waals surface area contributed by atoms with Gasteiger partial charge in [-0.15, -0.1) is 12.4 Å². The SMILES string of the molecule is COc1cc([C@@H](N)CCF)ccc1OCc1ccccc1.Cl. The van der Waals surface area contributed by atoms with Crippen LogP contribution in [0.3, 0.4) is 0 Å². The Morgan fingerprint density at radius 2 is 1.82 bits per heavy atom. The third kappa shape index (κ3) is 4.90. The van der Waals surface area contributed by atoms with Gasteiger partial charge in [0.25, 0.3) is 0 Å². The second kappa shape index (κ2) is 9.28. The van der Waals surface area contributed by atoms with E-state index in [4.69, 9.17) is 15.2 Å². The van der Waals surface area contributed by atoms with Gasteiger partial charge in [-0.2, -0.15) is 0 Å². The van der Waals surface area contributed by atoms with Crippen LogP contribution in [0.15, 0.2) is 48.5 Å². The number of hydrogen-bond donors (Lipinski definition) is 1. The molecule has 3 nitrogen and oxygen atoms in total. The first-order chi connectivity index (χ1) is 10.2. The number of nitrogens with two attached hydrogens (primary N) is 1. The Labute approximate surface area is 136 Å². The van der Waals surface area contributed by atoms with E-state index in [1.54, 1.807) is 13.2 Å². The lowest BCUT2D eigenvalue weighted by molar-refractivity contribution is 0.284. The summed E-state index contributed by atoms with van der Waals surface area (Å²) in [6.45, 7) is 0.0306. The first-order valence-corrected chi connectivity index (χ1v) is 6.90. The quantitative estimate of drug-likeness (QED) is 0.835. The molecule has 0 bridgehead atoms. The largest absolute Gasteiger partial charge is 0.493 e. The molecule has 0 aliphatic rings. The van der Waals surface area contributed by atoms with Crippen LogP contribution in [0.25, 0.3) is 0 Å². The number of benzene rings is 2. The Morgan fingerprint density at radius 1 is 1.09 bits per heavy atom. The van der Waals surface area contributed by atoms with E-state index < -0.39 is 6.67 Å². The molecular weight excluding hydrogens is 305 g/mol. The second-order valence-electron chi connectivity index (χ2n) is 4.77. The maximum Gasteiger partial charge on any atom is 0.161 e. The lowest BCUT2D eigenvalue weighted by Gasteiger charge is -2.15. The number of hydrogen-bond acceptors (Lipinski definition) is 3. The monoisotopic (exact) mass is 325 g/mol. The van der Waals surface area contributed by atoms with Crippen molar-refractivity contribution in [2.24, 2.45) is 5.73 Å². The van der Waals surface area contributed by atoms with Gasteiger partial charge in [0.15, 0.2) is 11.5 Å². The molecule has 0 radical (unpaired) electrons. The van der Waals surface area contributed by atoms with E-state index in [-0.39, 0.29) is 18.4 Å². The molecule has 0 unspecified atom stereocenters. The first-order valence-electron chi connectivity index (χ1n) is 6.90. The third-order valence-corrected chi connectivity index (χ3v) is 3.27. The number of ether oxygens (including phenoxy) is 2. The molecule has 0 saturated carbocycles. The first kappa shape index (κ1) is 18.3. The van der Waals surface area contributed by atoms with Gasteiger partial charge in [-0.25, -0.2) is 0 Å². The third-order valence-electron chi connectivity index (χ3n) is 3.27. The summed E-state index contributed by atoms with van der Waals surface area (Å²) in [7, 11) is 1.58. The molecule has 120 valence electrons. The summed E-state index contributed by atoms with van der Waals surface area (Å²) in [4.78, 5) is 0. The highest BCUT2D eigenvalue weighted by Crippen LogP contribution is 2.31. The normalized spacial score (nSPS) is 11.4. The Morgan fingerprint density at radius 3 is 2.45 bits per heavy atom. The summed E-state index contributed by atoms with van der Waals surface area (Å²) in [6.07, 6.45) is 0.299. The summed E-state index contributed by atoms with van der Waals surface area (Å²) < 4.78 is 23.5. The zero-order valence-electron chi connectivity index (χ0n) is 12.5. The van der Waals surface area contributed by atoms with E-state index >= 15 is 0 Å². The molecule has 2 aromatic carbocycles. The molecule has 2 rings (SSSR count). The van der Waals surface area contributed by atoms with Crippen LogP contribution in [-0.4, -0.2) is 13.8 Å². The minimum Gasteiger partial charge on any atom is -0.493 e. The number of rotatable bonds is 7. The van der Waals surface area contributed by atoms with E-state index in [0.29, 0.717) is 24.5 Å². The zero-order valence-corrected chi connectivity index (χ0v) is 13.3. The van der Waals surface area contributed by atoms with Crippen LogP contribution < -0.4 is 15.2 Å². The van der Waals surface area contributed by atoms with Crippen LogP contribution in [0, 0.1) is 0 Å². The van der Waals surface area contributed by atoms with Crippen LogP contribution in [-0.2, 0) is 6.61 Å². The molecule has 1 atom stereocenters. The Kier molecular flexibility index (Phi) is 7.71. The van der Waals surface area contributed by atoms with Gasteiger partial charge in [0, 0.05) is 6.04 Å². The van der Waals surface area contributed by atoms with Crippen molar-refractivity contribution in [1.82, 2.24) is 0 Å². The smallest absolute Gasteiger partial charge is 0.161 e. The fourth-order valence-electron chi connectivity index (χ4n) is 2.05. The van der Waals surface area contributed by atoms with Crippen molar-refractivity contribution >= 4 is 12.4 Å². The topological polar surface area (TPSA) is 44.5 Å². The molecule has 22 heavy (non-hydrogen) atoms. The van der Waals surface area contributed by atoms with Gasteiger partial charge in [-0.1, -0.05) is 36.4 Å². The highest BCUT2D eigenvalue weighted by molar-refractivity contribution is 5.85. The van der Waals surface area contributed by atoms with Gasteiger partial charge in [-0.05, 0) is 29.7 Å². The number of halogens is 2. The van der Waals surface area contributed by atoms with E-state index in [1.807, 2.05) is 42.5 Å². The number of methoxy groups -OCH3 is 1. The molecule has 0 saturated heterocycles. The summed E-state index contributed by atoms with van der Waals surface area (Å²) in [6, 6.07) is 15.0. The van der Waals surface area contributed by atoms with Crippen molar-refractivity contribution in [3.63, 3.8) is 0 Å². The molecular formula is C17H21ClFNO2. The molecule has 0 heterocycles. The molecule has 2 N–H and O–H groups in total. The molecule has 0 spiro atoms. The average molecular weight is 326 g/mol. The molecule has 0 amide bonds. The molecule has 5 heteroatoms. The van der Waals surface area contributed by atoms with Crippen LogP contribution >= 0.6 is 12.4 Å². The lowest BCUT2D eigenvalue weighted by Crippen LogP contribution is -2.11. The van der Waals surface area contributed by atoms with Gasteiger partial charge < -0.3 is 15.2 Å². The second-order valence-corrected chi connectivity index (χ2v) is 4.77. The van der Waals surface area contributed by atoms with Crippen LogP contribution in [0.2, 0.25) is 0 Å². The Bertz CT molecular complexity index is 566. The van der Waals surface area contributed by atoms with Crippen LogP contribution in [0.5, 0.6) is 11.5 Å². The minimum absolute atomic E-state index is 0. The van der Waals surface area contributed by atoms with Crippen molar-refractivity contribution in [1.29, 1.82) is 0 Å². The lowest BCUT2D eigenvalue weighted by atomic mass is 10.0. The predicted molar refractivity (Wildman–Crippen MR) is 88.5 cm³/mol. The van der Waals surface area contributed by atoms with Crippen LogP contribution in [0.4, 0.5) is 4.39 Å². The fraction of sp³-hybridized carbons (Fsp3) is 0.294. The predicted octanol–water partition coefficient (Wildman–Crippen LogP) is 4.06. The maximum atomic E-state index is 12.4. The van der Waals surface area contributed by atoms with E-state index in [0.717, 1.165) is 11.1 Å². The summed E-state index contributed by atoms with van der Waals surface area (Å²) >= 11 is 0. The van der Waals surface area contributed by atoms with Crippen LogP contribution in [0.1, 0.15) is 23.6 Å². The number of alkyl halides is 1. The van der Waals surface area contributed by atoms with Crippen molar-refractivity contribution in [3.8, 4) is 11.5 Å². The maximum absolute atomic E-state index is 12.4. The average Bonchev–Trinajstić information content (AvgIpc) is 2.54. The molecule has 0 aromatic heterocycles. The molecule has 2 aromatic rings. The minimum atomic E-state index is -0.435. The molecule has 0 fully saturated rings. The van der Waals surface area contributed by atoms with E-state index in [9.17, 15) is 4.39 Å². The molecule has 0 aliphatic heterocycles. The fourth-order valence-corrected chi connectivity index (χ4v) is 2.05. The van der Waals surface area contributed by atoms with Gasteiger partial charge in [0.2, 0.25) is 0 Å². The van der Waals surface area contributed by atoms with Crippen molar-refractivity contribution in [3.05, 3.63) is 59.7 Å². The highest BCUT2D eigenvalue weighted by atomic mass is 35.5. The van der Waals surface area contributed by atoms with Gasteiger partial charge in [0.1, 0.15) is 6.61 Å². The summed E-state index contributed by atoms with van der Waals surface area (Å²) in [5, 5.41) is 0. The standard InChI is InChI=1S/C17H20FNO2.ClH/c1-20-17-11-14(15(19)9-10-18)7-8-16(17)21-12-13-5-3-2-4-6-13;/h2-8,11,15H,9-10,12,19H2,1H3;1H/t15-;/m0./s1. The van der Waals surface area contributed by atoms with Crippen molar-refractivity contribution in [2.45, 2.75) is 19.1 Å². The van der Waals surface area contributed by atoms with Crippen molar-refractivity contribution in [2.75, 3.05) is 13.8 Å². The van der Waals surface area contributed by atoms with E-state index in [1.165, 1.54) is 0 Å². The highest BCUT2D eigenvalue weighted by Gasteiger charge is 2.11. The molecule has 0 aliphatic carbocycles. The van der Waals surface area contributed by atoms with Gasteiger partial charge in [0.05, 0.1) is 13.8 Å². The van der Waals surface area contributed by atoms with Crippen molar-refractivity contribution < 1.29 is 13.9 Å². The zero-order chi connectivity index (χ0) is 15.1. The summed E-state index contributed by atoms with van der Waals surface area (Å²) in [5.41, 5.74) is 7.83. The summed E-state index contributed by atoms with van der Waals surface area (Å²) in [5.74, 6) is 1.26.